The van der Waals surface area contributed by atoms with Crippen molar-refractivity contribution in [2.24, 2.45) is 5.73 Å². The molecule has 0 radical (unpaired) electrons. The van der Waals surface area contributed by atoms with Gasteiger partial charge in [0.2, 0.25) is 0 Å². The minimum absolute atomic E-state index is 0.133. The molecular weight excluding hydrogens is 520 g/mol. The number of nitrogens with one attached hydrogen (secondary N) is 1. The van der Waals surface area contributed by atoms with E-state index in [0.717, 1.165) is 55.2 Å². The maximum atomic E-state index is 14.0. The molecule has 3 aliphatic heterocycles. The van der Waals surface area contributed by atoms with E-state index in [0.29, 0.717) is 41.6 Å². The summed E-state index contributed by atoms with van der Waals surface area (Å²) >= 11 is 6.29. The second-order valence-corrected chi connectivity index (χ2v) is 11.0. The minimum atomic E-state index is -0.270. The smallest absolute Gasteiger partial charge is 0.258 e. The Morgan fingerprint density at radius 3 is 2.77 bits per heavy atom. The second-order valence-electron chi connectivity index (χ2n) is 10.6. The summed E-state index contributed by atoms with van der Waals surface area (Å²) in [5.74, 6) is 1.64. The number of halogens is 1. The first-order valence-corrected chi connectivity index (χ1v) is 13.8. The van der Waals surface area contributed by atoms with Crippen LogP contribution in [-0.4, -0.2) is 83.7 Å². The largest absolute Gasteiger partial charge is 0.483 e. The zero-order valence-electron chi connectivity index (χ0n) is 22.2. The lowest BCUT2D eigenvalue weighted by atomic mass is 9.98. The lowest BCUT2D eigenvalue weighted by Gasteiger charge is -2.39. The van der Waals surface area contributed by atoms with Crippen molar-refractivity contribution in [3.63, 3.8) is 0 Å². The SMILES string of the molecule is Cc1c(N2CC(N)C2)nc2cc3nn2c1N(C)CCNC(=O)COc1ccc(Cl)cc1C(=O)N1CCCC[C@@H]31. The highest BCUT2D eigenvalue weighted by Crippen LogP contribution is 2.37. The Balaban J connectivity index is 1.49. The van der Waals surface area contributed by atoms with Gasteiger partial charge in [0.05, 0.1) is 17.3 Å². The third kappa shape index (κ3) is 4.74. The van der Waals surface area contributed by atoms with Gasteiger partial charge in [-0.15, -0.1) is 0 Å². The molecule has 0 unspecified atom stereocenters. The molecule has 3 aliphatic rings. The monoisotopic (exact) mass is 552 g/mol. The number of likely N-dealkylation sites (N-methyl/N-ethyl adjacent to an activating group) is 1. The van der Waals surface area contributed by atoms with Gasteiger partial charge in [-0.3, -0.25) is 9.59 Å². The van der Waals surface area contributed by atoms with Gasteiger partial charge in [-0.25, -0.2) is 4.98 Å². The molecule has 1 atom stereocenters. The number of rotatable bonds is 1. The molecule has 12 heteroatoms. The number of carbonyl (C=O) groups excluding carboxylic acids is 2. The van der Waals surface area contributed by atoms with E-state index < -0.39 is 0 Å². The predicted octanol–water partition coefficient (Wildman–Crippen LogP) is 2.15. The zero-order valence-corrected chi connectivity index (χ0v) is 22.9. The number of carbonyl (C=O) groups is 2. The van der Waals surface area contributed by atoms with Crippen LogP contribution in [0.15, 0.2) is 24.3 Å². The van der Waals surface area contributed by atoms with Crippen molar-refractivity contribution in [3.05, 3.63) is 46.1 Å². The number of aromatic nitrogens is 3. The number of nitrogens with zero attached hydrogens (tertiary/aromatic N) is 6. The minimum Gasteiger partial charge on any atom is -0.483 e. The molecule has 5 heterocycles. The zero-order chi connectivity index (χ0) is 27.3. The molecule has 6 rings (SSSR count). The van der Waals surface area contributed by atoms with Crippen LogP contribution in [-0.2, 0) is 4.79 Å². The van der Waals surface area contributed by atoms with Gasteiger partial charge in [0.25, 0.3) is 11.8 Å². The van der Waals surface area contributed by atoms with Crippen molar-refractivity contribution in [3.8, 4) is 5.75 Å². The molecule has 39 heavy (non-hydrogen) atoms. The fourth-order valence-corrected chi connectivity index (χ4v) is 5.95. The standard InChI is InChI=1S/C27H33ClN8O3/c1-16-25(34-13-18(29)14-34)31-23-12-20-21-5-3-4-9-35(21)27(38)19-11-17(28)6-7-22(19)39-15-24(37)30-8-10-33(2)26(16)36(23)32-20/h6-7,11-12,18,21H,3-5,8-10,13-15,29H2,1-2H3,(H,30,37)/t21-/m0/s1. The second kappa shape index (κ2) is 10.2. The van der Waals surface area contributed by atoms with Crippen LogP contribution in [0.5, 0.6) is 5.75 Å². The van der Waals surface area contributed by atoms with Crippen LogP contribution in [0.4, 0.5) is 11.6 Å². The maximum Gasteiger partial charge on any atom is 0.258 e. The predicted molar refractivity (Wildman–Crippen MR) is 149 cm³/mol. The van der Waals surface area contributed by atoms with Gasteiger partial charge in [0, 0.05) is 62.5 Å². The van der Waals surface area contributed by atoms with Crippen molar-refractivity contribution in [2.75, 3.05) is 56.2 Å². The Morgan fingerprint density at radius 2 is 1.97 bits per heavy atom. The summed E-state index contributed by atoms with van der Waals surface area (Å²) in [5.41, 5.74) is 8.92. The van der Waals surface area contributed by atoms with Gasteiger partial charge >= 0.3 is 0 Å². The summed E-state index contributed by atoms with van der Waals surface area (Å²) in [6.07, 6.45) is 2.66. The number of ether oxygens (including phenoxy) is 1. The van der Waals surface area contributed by atoms with Crippen molar-refractivity contribution in [1.82, 2.24) is 24.8 Å². The number of amides is 2. The van der Waals surface area contributed by atoms with Gasteiger partial charge in [0.15, 0.2) is 12.3 Å². The van der Waals surface area contributed by atoms with E-state index >= 15 is 0 Å². The highest BCUT2D eigenvalue weighted by molar-refractivity contribution is 6.31. The molecule has 3 N–H and O–H groups in total. The summed E-state index contributed by atoms with van der Waals surface area (Å²) in [4.78, 5) is 37.7. The number of hydrogen-bond acceptors (Lipinski definition) is 8. The van der Waals surface area contributed by atoms with Crippen molar-refractivity contribution in [1.29, 1.82) is 0 Å². The molecule has 2 bridgehead atoms. The molecule has 0 saturated carbocycles. The van der Waals surface area contributed by atoms with E-state index in [1.54, 1.807) is 18.2 Å². The molecule has 1 aromatic carbocycles. The molecule has 0 aliphatic carbocycles. The molecule has 3 aromatic rings. The normalized spacial score (nSPS) is 20.9. The van der Waals surface area contributed by atoms with E-state index in [2.05, 4.69) is 15.1 Å². The highest BCUT2D eigenvalue weighted by atomic mass is 35.5. The fraction of sp³-hybridized carbons (Fsp3) is 0.481. The van der Waals surface area contributed by atoms with E-state index in [9.17, 15) is 9.59 Å². The Labute approximate surface area is 231 Å². The van der Waals surface area contributed by atoms with Crippen LogP contribution in [0, 0.1) is 6.92 Å². The lowest BCUT2D eigenvalue weighted by molar-refractivity contribution is -0.123. The third-order valence-electron chi connectivity index (χ3n) is 7.78. The third-order valence-corrected chi connectivity index (χ3v) is 8.01. The summed E-state index contributed by atoms with van der Waals surface area (Å²) in [6.45, 7) is 4.88. The molecule has 2 fully saturated rings. The maximum absolute atomic E-state index is 14.0. The summed E-state index contributed by atoms with van der Waals surface area (Å²) < 4.78 is 7.69. The Bertz CT molecular complexity index is 1440. The Hall–Kier alpha value is -3.57. The molecule has 206 valence electrons. The van der Waals surface area contributed by atoms with Gasteiger partial charge in [-0.2, -0.15) is 9.61 Å². The Morgan fingerprint density at radius 1 is 1.15 bits per heavy atom. The molecule has 2 saturated heterocycles. The summed E-state index contributed by atoms with van der Waals surface area (Å²) in [5, 5.41) is 8.37. The molecule has 2 aromatic heterocycles. The average Bonchev–Trinajstić information content (AvgIpc) is 3.32. The number of piperidine rings is 1. The van der Waals surface area contributed by atoms with E-state index in [1.165, 1.54) is 0 Å². The van der Waals surface area contributed by atoms with E-state index in [-0.39, 0.29) is 30.5 Å². The van der Waals surface area contributed by atoms with Gasteiger partial charge in [-0.1, -0.05) is 11.6 Å². The first-order valence-electron chi connectivity index (χ1n) is 13.4. The van der Waals surface area contributed by atoms with Crippen molar-refractivity contribution < 1.29 is 14.3 Å². The van der Waals surface area contributed by atoms with E-state index in [4.69, 9.17) is 32.2 Å². The quantitative estimate of drug-likeness (QED) is 0.471. The molecule has 2 amide bonds. The fourth-order valence-electron chi connectivity index (χ4n) is 5.78. The van der Waals surface area contributed by atoms with Crippen LogP contribution < -0.4 is 25.6 Å². The van der Waals surface area contributed by atoms with Crippen LogP contribution in [0.1, 0.15) is 46.9 Å². The molecule has 0 spiro atoms. The van der Waals surface area contributed by atoms with E-state index in [1.807, 2.05) is 29.5 Å². The van der Waals surface area contributed by atoms with Crippen molar-refractivity contribution >= 4 is 40.7 Å². The topological polar surface area (TPSA) is 121 Å². The first kappa shape index (κ1) is 25.7. The van der Waals surface area contributed by atoms with Gasteiger partial charge in [-0.05, 0) is 44.4 Å². The number of hydrogen-bond donors (Lipinski definition) is 2. The number of fused-ring (bicyclic) bond motifs is 4. The van der Waals surface area contributed by atoms with Gasteiger partial charge < -0.3 is 30.5 Å². The van der Waals surface area contributed by atoms with Gasteiger partial charge in [0.1, 0.15) is 17.4 Å². The lowest BCUT2D eigenvalue weighted by Crippen LogP contribution is -2.56. The van der Waals surface area contributed by atoms with Crippen LogP contribution >= 0.6 is 11.6 Å². The van der Waals surface area contributed by atoms with Crippen LogP contribution in [0.2, 0.25) is 5.02 Å². The number of anilines is 2. The van der Waals surface area contributed by atoms with Crippen LogP contribution in [0.25, 0.3) is 5.65 Å². The molecular formula is C27H33ClN8O3. The van der Waals surface area contributed by atoms with Crippen molar-refractivity contribution in [2.45, 2.75) is 38.3 Å². The summed E-state index contributed by atoms with van der Waals surface area (Å²) in [6, 6.07) is 6.81. The number of nitrogens with two attached hydrogens (primary N) is 1. The Kier molecular flexibility index (Phi) is 6.72. The first-order chi connectivity index (χ1) is 18.8. The summed E-state index contributed by atoms with van der Waals surface area (Å²) in [7, 11) is 1.98. The molecule has 11 nitrogen and oxygen atoms in total. The highest BCUT2D eigenvalue weighted by Gasteiger charge is 2.34. The number of benzene rings is 1. The van der Waals surface area contributed by atoms with Crippen LogP contribution in [0.3, 0.4) is 0 Å². The average molecular weight is 553 g/mol.